The summed E-state index contributed by atoms with van der Waals surface area (Å²) in [7, 11) is 1.95. The topological polar surface area (TPSA) is 21.7 Å². The molecule has 0 aromatic heterocycles. The van der Waals surface area contributed by atoms with Gasteiger partial charge in [0.15, 0.2) is 11.5 Å². The van der Waals surface area contributed by atoms with E-state index in [9.17, 15) is 13.2 Å². The zero-order valence-corrected chi connectivity index (χ0v) is 14.9. The van der Waals surface area contributed by atoms with Gasteiger partial charge in [-0.2, -0.15) is 13.2 Å². The zero-order valence-electron chi connectivity index (χ0n) is 14.1. The van der Waals surface area contributed by atoms with Crippen LogP contribution in [-0.4, -0.2) is 25.3 Å². The maximum absolute atomic E-state index is 12.7. The van der Waals surface area contributed by atoms with Crippen molar-refractivity contribution in [3.05, 3.63) is 65.2 Å². The fourth-order valence-electron chi connectivity index (χ4n) is 2.60. The number of halogens is 4. The summed E-state index contributed by atoms with van der Waals surface area (Å²) < 4.78 is 48.7. The molecule has 0 amide bonds. The van der Waals surface area contributed by atoms with Gasteiger partial charge in [-0.15, -0.1) is 12.4 Å². The molecule has 0 N–H and O–H groups in total. The summed E-state index contributed by atoms with van der Waals surface area (Å²) in [6.45, 7) is 1.56. The van der Waals surface area contributed by atoms with Gasteiger partial charge in [-0.05, 0) is 42.4 Å². The van der Waals surface area contributed by atoms with E-state index in [1.165, 1.54) is 6.07 Å². The van der Waals surface area contributed by atoms with E-state index in [1.807, 2.05) is 31.3 Å². The summed E-state index contributed by atoms with van der Waals surface area (Å²) in [6, 6.07) is 11.1. The molecule has 0 radical (unpaired) electrons. The number of fused-ring (bicyclic) bond motifs is 1. The van der Waals surface area contributed by atoms with Gasteiger partial charge in [0, 0.05) is 13.1 Å². The summed E-state index contributed by atoms with van der Waals surface area (Å²) in [5.41, 5.74) is 0.980. The lowest BCUT2D eigenvalue weighted by Crippen LogP contribution is -2.17. The highest BCUT2D eigenvalue weighted by Crippen LogP contribution is 2.33. The molecule has 1 aliphatic heterocycles. The summed E-state index contributed by atoms with van der Waals surface area (Å²) in [5, 5.41) is 0. The minimum atomic E-state index is -4.32. The second-order valence-corrected chi connectivity index (χ2v) is 5.91. The van der Waals surface area contributed by atoms with Crippen LogP contribution in [0, 0.1) is 0 Å². The molecule has 0 fully saturated rings. The first-order chi connectivity index (χ1) is 11.9. The van der Waals surface area contributed by atoms with Gasteiger partial charge in [0.2, 0.25) is 6.79 Å². The first-order valence-electron chi connectivity index (χ1n) is 7.83. The van der Waals surface area contributed by atoms with E-state index in [2.05, 4.69) is 4.90 Å². The second-order valence-electron chi connectivity index (χ2n) is 5.91. The molecular formula is C19H19ClF3NO2. The fraction of sp³-hybridized carbons (Fsp3) is 0.263. The highest BCUT2D eigenvalue weighted by atomic mass is 35.5. The third-order valence-electron chi connectivity index (χ3n) is 3.83. The van der Waals surface area contributed by atoms with Crippen LogP contribution in [0.1, 0.15) is 16.7 Å². The minimum Gasteiger partial charge on any atom is -0.454 e. The normalized spacial score (nSPS) is 13.3. The highest BCUT2D eigenvalue weighted by Gasteiger charge is 2.30. The van der Waals surface area contributed by atoms with Crippen molar-refractivity contribution in [2.24, 2.45) is 0 Å². The first-order valence-corrected chi connectivity index (χ1v) is 7.83. The molecule has 1 aliphatic rings. The van der Waals surface area contributed by atoms with Crippen molar-refractivity contribution in [1.82, 2.24) is 4.90 Å². The van der Waals surface area contributed by atoms with Crippen molar-refractivity contribution in [3.8, 4) is 11.5 Å². The molecule has 0 saturated carbocycles. The number of alkyl halides is 3. The predicted molar refractivity (Wildman–Crippen MR) is 96.6 cm³/mol. The summed E-state index contributed by atoms with van der Waals surface area (Å²) in [5.74, 6) is 1.49. The van der Waals surface area contributed by atoms with Crippen molar-refractivity contribution in [1.29, 1.82) is 0 Å². The quantitative estimate of drug-likeness (QED) is 0.722. The molecule has 0 spiro atoms. The Kier molecular flexibility index (Phi) is 6.56. The van der Waals surface area contributed by atoms with Gasteiger partial charge in [-0.3, -0.25) is 4.90 Å². The van der Waals surface area contributed by atoms with Crippen LogP contribution in [0.2, 0.25) is 0 Å². The van der Waals surface area contributed by atoms with E-state index in [0.29, 0.717) is 18.7 Å². The molecule has 26 heavy (non-hydrogen) atoms. The molecule has 2 aromatic rings. The average Bonchev–Trinajstić information content (AvgIpc) is 3.02. The van der Waals surface area contributed by atoms with Gasteiger partial charge in [0.05, 0.1) is 5.56 Å². The molecule has 0 unspecified atom stereocenters. The second kappa shape index (κ2) is 8.47. The van der Waals surface area contributed by atoms with Crippen molar-refractivity contribution in [3.63, 3.8) is 0 Å². The van der Waals surface area contributed by atoms with Crippen LogP contribution in [-0.2, 0) is 12.7 Å². The Labute approximate surface area is 156 Å². The van der Waals surface area contributed by atoms with Crippen LogP contribution >= 0.6 is 12.4 Å². The Bertz CT molecular complexity index is 778. The Morgan fingerprint density at radius 3 is 2.62 bits per heavy atom. The first kappa shape index (κ1) is 20.1. The van der Waals surface area contributed by atoms with Crippen LogP contribution in [0.15, 0.2) is 48.5 Å². The summed E-state index contributed by atoms with van der Waals surface area (Å²) in [4.78, 5) is 2.06. The molecule has 7 heteroatoms. The smallest absolute Gasteiger partial charge is 0.416 e. The van der Waals surface area contributed by atoms with Gasteiger partial charge < -0.3 is 9.47 Å². The zero-order chi connectivity index (χ0) is 17.9. The lowest BCUT2D eigenvalue weighted by Gasteiger charge is -2.14. The summed E-state index contributed by atoms with van der Waals surface area (Å²) in [6.07, 6.45) is -0.770. The molecule has 0 aliphatic carbocycles. The lowest BCUT2D eigenvalue weighted by molar-refractivity contribution is -0.137. The molecule has 0 saturated heterocycles. The van der Waals surface area contributed by atoms with E-state index >= 15 is 0 Å². The molecule has 0 atom stereocenters. The fourth-order valence-corrected chi connectivity index (χ4v) is 2.60. The monoisotopic (exact) mass is 385 g/mol. The third kappa shape index (κ3) is 5.16. The highest BCUT2D eigenvalue weighted by molar-refractivity contribution is 5.85. The predicted octanol–water partition coefficient (Wildman–Crippen LogP) is 5.00. The minimum absolute atomic E-state index is 0. The molecule has 2 aromatic carbocycles. The number of nitrogens with zero attached hydrogens (tertiary/aromatic N) is 1. The Morgan fingerprint density at radius 2 is 1.85 bits per heavy atom. The molecule has 1 heterocycles. The SMILES string of the molecule is CN(C/C=C/c1cccc(C(F)(F)F)c1)Cc1ccc2c(c1)OCO2.Cl. The van der Waals surface area contributed by atoms with Gasteiger partial charge in [0.25, 0.3) is 0 Å². The van der Waals surface area contributed by atoms with Crippen molar-refractivity contribution in [2.75, 3.05) is 20.4 Å². The Balaban J connectivity index is 0.00000243. The Hall–Kier alpha value is -2.18. The van der Waals surface area contributed by atoms with Gasteiger partial charge >= 0.3 is 6.18 Å². The standard InChI is InChI=1S/C19H18F3NO2.ClH/c1-23(12-15-7-8-17-18(11-15)25-13-24-17)9-3-5-14-4-2-6-16(10-14)19(20,21)22;/h2-8,10-11H,9,12-13H2,1H3;1H/b5-3+;. The lowest BCUT2D eigenvalue weighted by atomic mass is 10.1. The number of rotatable bonds is 5. The van der Waals surface area contributed by atoms with Gasteiger partial charge in [-0.1, -0.05) is 30.4 Å². The molecule has 0 bridgehead atoms. The Morgan fingerprint density at radius 1 is 1.08 bits per heavy atom. The van der Waals surface area contributed by atoms with Gasteiger partial charge in [-0.25, -0.2) is 0 Å². The number of ether oxygens (including phenoxy) is 2. The van der Waals surface area contributed by atoms with Crippen molar-refractivity contribution >= 4 is 18.5 Å². The maximum Gasteiger partial charge on any atom is 0.416 e. The largest absolute Gasteiger partial charge is 0.454 e. The van der Waals surface area contributed by atoms with Crippen LogP contribution in [0.25, 0.3) is 6.08 Å². The van der Waals surface area contributed by atoms with E-state index in [1.54, 1.807) is 12.1 Å². The maximum atomic E-state index is 12.7. The van der Waals surface area contributed by atoms with Crippen LogP contribution in [0.3, 0.4) is 0 Å². The van der Waals surface area contributed by atoms with Crippen molar-refractivity contribution in [2.45, 2.75) is 12.7 Å². The third-order valence-corrected chi connectivity index (χ3v) is 3.83. The molecule has 140 valence electrons. The number of hydrogen-bond donors (Lipinski definition) is 0. The number of likely N-dealkylation sites (N-methyl/N-ethyl adjacent to an activating group) is 1. The van der Waals surface area contributed by atoms with E-state index < -0.39 is 11.7 Å². The van der Waals surface area contributed by atoms with Crippen molar-refractivity contribution < 1.29 is 22.6 Å². The summed E-state index contributed by atoms with van der Waals surface area (Å²) >= 11 is 0. The average molecular weight is 386 g/mol. The number of hydrogen-bond acceptors (Lipinski definition) is 3. The van der Waals surface area contributed by atoms with Crippen LogP contribution < -0.4 is 9.47 Å². The number of benzene rings is 2. The molecule has 3 nitrogen and oxygen atoms in total. The molecule has 3 rings (SSSR count). The van der Waals surface area contributed by atoms with Crippen LogP contribution in [0.5, 0.6) is 11.5 Å². The van der Waals surface area contributed by atoms with Gasteiger partial charge in [0.1, 0.15) is 0 Å². The molecular weight excluding hydrogens is 367 g/mol. The van der Waals surface area contributed by atoms with Crippen LogP contribution in [0.4, 0.5) is 13.2 Å². The van der Waals surface area contributed by atoms with E-state index in [-0.39, 0.29) is 19.2 Å². The van der Waals surface area contributed by atoms with E-state index in [0.717, 1.165) is 29.2 Å². The van der Waals surface area contributed by atoms with E-state index in [4.69, 9.17) is 9.47 Å².